The van der Waals surface area contributed by atoms with Gasteiger partial charge in [-0.15, -0.1) is 0 Å². The molecule has 1 aromatic rings. The van der Waals surface area contributed by atoms with Gasteiger partial charge in [0, 0.05) is 11.0 Å². The van der Waals surface area contributed by atoms with E-state index >= 15 is 0 Å². The number of ether oxygens (including phenoxy) is 1. The Labute approximate surface area is 120 Å². The van der Waals surface area contributed by atoms with Crippen LogP contribution in [0.1, 0.15) is 12.5 Å². The molecular weight excluding hydrogens is 312 g/mol. The Hall–Kier alpha value is -1.56. The number of methoxy groups -OCH3 is 1. The molecule has 0 aliphatic carbocycles. The van der Waals surface area contributed by atoms with Crippen LogP contribution < -0.4 is 10.1 Å². The van der Waals surface area contributed by atoms with Gasteiger partial charge in [0.1, 0.15) is 11.8 Å². The zero-order chi connectivity index (χ0) is 14.0. The van der Waals surface area contributed by atoms with Gasteiger partial charge in [-0.3, -0.25) is 9.59 Å². The summed E-state index contributed by atoms with van der Waals surface area (Å²) in [5, 5.41) is 2.62. The molecule has 0 bridgehead atoms. The van der Waals surface area contributed by atoms with E-state index in [1.54, 1.807) is 18.9 Å². The van der Waals surface area contributed by atoms with Crippen molar-refractivity contribution in [1.29, 1.82) is 0 Å². The first-order chi connectivity index (χ1) is 9.01. The minimum atomic E-state index is -0.467. The molecule has 6 heteroatoms. The molecule has 1 fully saturated rings. The van der Waals surface area contributed by atoms with Crippen molar-refractivity contribution in [2.45, 2.75) is 19.5 Å². The van der Waals surface area contributed by atoms with Crippen LogP contribution in [0.25, 0.3) is 0 Å². The molecule has 1 aliphatic rings. The molecule has 1 saturated heterocycles. The summed E-state index contributed by atoms with van der Waals surface area (Å²) in [6.45, 7) is 2.16. The fourth-order valence-corrected chi connectivity index (χ4v) is 2.38. The summed E-state index contributed by atoms with van der Waals surface area (Å²) in [5.74, 6) is 0.514. The lowest BCUT2D eigenvalue weighted by molar-refractivity contribution is -0.144. The minimum Gasteiger partial charge on any atom is -0.497 e. The highest BCUT2D eigenvalue weighted by molar-refractivity contribution is 9.10. The molecule has 1 aliphatic heterocycles. The third-order valence-corrected chi connectivity index (χ3v) is 3.78. The summed E-state index contributed by atoms with van der Waals surface area (Å²) in [6, 6.07) is 5.09. The van der Waals surface area contributed by atoms with Crippen molar-refractivity contribution in [3.8, 4) is 5.75 Å². The number of carbonyl (C=O) groups is 2. The van der Waals surface area contributed by atoms with Crippen LogP contribution in [0.15, 0.2) is 22.7 Å². The summed E-state index contributed by atoms with van der Waals surface area (Å²) in [5.41, 5.74) is 0.912. The van der Waals surface area contributed by atoms with Gasteiger partial charge in [-0.1, -0.05) is 15.9 Å². The van der Waals surface area contributed by atoms with Gasteiger partial charge in [0.2, 0.25) is 11.8 Å². The first kappa shape index (κ1) is 13.9. The zero-order valence-electron chi connectivity index (χ0n) is 10.8. The fraction of sp³-hybridized carbons (Fsp3) is 0.385. The van der Waals surface area contributed by atoms with Gasteiger partial charge in [0.05, 0.1) is 13.7 Å². The number of rotatable bonds is 3. The van der Waals surface area contributed by atoms with Crippen molar-refractivity contribution < 1.29 is 14.3 Å². The van der Waals surface area contributed by atoms with E-state index in [0.29, 0.717) is 6.54 Å². The van der Waals surface area contributed by atoms with Crippen LogP contribution in [-0.2, 0) is 16.1 Å². The van der Waals surface area contributed by atoms with Crippen molar-refractivity contribution in [3.63, 3.8) is 0 Å². The van der Waals surface area contributed by atoms with Gasteiger partial charge < -0.3 is 15.0 Å². The molecule has 1 unspecified atom stereocenters. The van der Waals surface area contributed by atoms with E-state index in [0.717, 1.165) is 15.8 Å². The van der Waals surface area contributed by atoms with E-state index in [-0.39, 0.29) is 18.4 Å². The third-order valence-electron chi connectivity index (χ3n) is 3.01. The van der Waals surface area contributed by atoms with Crippen molar-refractivity contribution >= 4 is 27.7 Å². The van der Waals surface area contributed by atoms with E-state index < -0.39 is 6.04 Å². The standard InChI is InChI=1S/C13H15BrN2O3/c1-8-13(18)16(7-12(17)15-8)6-9-5-10(19-2)3-4-11(9)14/h3-5,8H,6-7H2,1-2H3,(H,15,17). The Morgan fingerprint density at radius 2 is 2.21 bits per heavy atom. The highest BCUT2D eigenvalue weighted by Crippen LogP contribution is 2.24. The van der Waals surface area contributed by atoms with Crippen LogP contribution >= 0.6 is 15.9 Å². The van der Waals surface area contributed by atoms with Gasteiger partial charge in [-0.25, -0.2) is 0 Å². The number of amides is 2. The van der Waals surface area contributed by atoms with E-state index in [9.17, 15) is 9.59 Å². The maximum absolute atomic E-state index is 12.0. The Balaban J connectivity index is 2.20. The Morgan fingerprint density at radius 3 is 2.89 bits per heavy atom. The smallest absolute Gasteiger partial charge is 0.245 e. The Bertz CT molecular complexity index is 519. The molecule has 0 saturated carbocycles. The number of nitrogens with zero attached hydrogens (tertiary/aromatic N) is 1. The number of carbonyl (C=O) groups excluding carboxylic acids is 2. The molecular formula is C13H15BrN2O3. The van der Waals surface area contributed by atoms with Gasteiger partial charge in [-0.2, -0.15) is 0 Å². The molecule has 0 aromatic heterocycles. The lowest BCUT2D eigenvalue weighted by Crippen LogP contribution is -2.56. The first-order valence-electron chi connectivity index (χ1n) is 5.92. The summed E-state index contributed by atoms with van der Waals surface area (Å²) in [4.78, 5) is 25.0. The molecule has 2 amide bonds. The number of nitrogens with one attached hydrogen (secondary N) is 1. The number of hydrogen-bond acceptors (Lipinski definition) is 3. The third kappa shape index (κ3) is 3.07. The molecule has 1 heterocycles. The molecule has 102 valence electrons. The van der Waals surface area contributed by atoms with Crippen LogP contribution in [0.3, 0.4) is 0 Å². The van der Waals surface area contributed by atoms with Crippen LogP contribution in [0.4, 0.5) is 0 Å². The van der Waals surface area contributed by atoms with Crippen LogP contribution in [-0.4, -0.2) is 36.4 Å². The second-order valence-corrected chi connectivity index (χ2v) is 5.30. The maximum Gasteiger partial charge on any atom is 0.245 e. The second kappa shape index (κ2) is 5.61. The number of benzene rings is 1. The molecule has 0 radical (unpaired) electrons. The van der Waals surface area contributed by atoms with Crippen molar-refractivity contribution in [2.24, 2.45) is 0 Å². The van der Waals surface area contributed by atoms with Crippen LogP contribution in [0.5, 0.6) is 5.75 Å². The van der Waals surface area contributed by atoms with Gasteiger partial charge in [0.15, 0.2) is 0 Å². The van der Waals surface area contributed by atoms with Crippen LogP contribution in [0.2, 0.25) is 0 Å². The highest BCUT2D eigenvalue weighted by atomic mass is 79.9. The van der Waals surface area contributed by atoms with E-state index in [1.165, 1.54) is 0 Å². The summed E-state index contributed by atoms with van der Waals surface area (Å²) in [7, 11) is 1.59. The highest BCUT2D eigenvalue weighted by Gasteiger charge is 2.29. The number of piperazine rings is 1. The first-order valence-corrected chi connectivity index (χ1v) is 6.71. The van der Waals surface area contributed by atoms with Crippen molar-refractivity contribution in [2.75, 3.05) is 13.7 Å². The lowest BCUT2D eigenvalue weighted by Gasteiger charge is -2.31. The minimum absolute atomic E-state index is 0.0747. The maximum atomic E-state index is 12.0. The zero-order valence-corrected chi connectivity index (χ0v) is 12.4. The quantitative estimate of drug-likeness (QED) is 0.911. The molecule has 1 atom stereocenters. The monoisotopic (exact) mass is 326 g/mol. The largest absolute Gasteiger partial charge is 0.497 e. The predicted octanol–water partition coefficient (Wildman–Crippen LogP) is 1.30. The lowest BCUT2D eigenvalue weighted by atomic mass is 10.1. The molecule has 0 spiro atoms. The number of hydrogen-bond donors (Lipinski definition) is 1. The molecule has 19 heavy (non-hydrogen) atoms. The van der Waals surface area contributed by atoms with Gasteiger partial charge in [0.25, 0.3) is 0 Å². The van der Waals surface area contributed by atoms with E-state index in [1.807, 2.05) is 18.2 Å². The summed E-state index contributed by atoms with van der Waals surface area (Å²) < 4.78 is 6.05. The second-order valence-electron chi connectivity index (χ2n) is 4.44. The van der Waals surface area contributed by atoms with Gasteiger partial charge in [-0.05, 0) is 30.7 Å². The molecule has 2 rings (SSSR count). The van der Waals surface area contributed by atoms with Gasteiger partial charge >= 0.3 is 0 Å². The predicted molar refractivity (Wildman–Crippen MR) is 73.7 cm³/mol. The topological polar surface area (TPSA) is 58.6 Å². The number of halogens is 1. The Kier molecular flexibility index (Phi) is 4.09. The normalized spacial score (nSPS) is 19.3. The van der Waals surface area contributed by atoms with E-state index in [4.69, 9.17) is 4.74 Å². The van der Waals surface area contributed by atoms with Crippen molar-refractivity contribution in [3.05, 3.63) is 28.2 Å². The van der Waals surface area contributed by atoms with E-state index in [2.05, 4.69) is 21.2 Å². The SMILES string of the molecule is COc1ccc(Br)c(CN2CC(=O)NC(C)C2=O)c1. The molecule has 5 nitrogen and oxygen atoms in total. The Morgan fingerprint density at radius 1 is 1.47 bits per heavy atom. The molecule has 1 aromatic carbocycles. The molecule has 1 N–H and O–H groups in total. The van der Waals surface area contributed by atoms with Crippen LogP contribution in [0, 0.1) is 0 Å². The summed E-state index contributed by atoms with van der Waals surface area (Å²) >= 11 is 3.44. The summed E-state index contributed by atoms with van der Waals surface area (Å²) in [6.07, 6.45) is 0. The average molecular weight is 327 g/mol. The van der Waals surface area contributed by atoms with Crippen molar-refractivity contribution in [1.82, 2.24) is 10.2 Å². The fourth-order valence-electron chi connectivity index (χ4n) is 2.01. The average Bonchev–Trinajstić information content (AvgIpc) is 2.38.